The molecule has 1 heterocycles. The van der Waals surface area contributed by atoms with E-state index < -0.39 is 15.6 Å². The molecule has 0 amide bonds. The van der Waals surface area contributed by atoms with Gasteiger partial charge in [0.25, 0.3) is 0 Å². The summed E-state index contributed by atoms with van der Waals surface area (Å²) in [4.78, 5) is 0.378. The van der Waals surface area contributed by atoms with Gasteiger partial charge in [0.05, 0.1) is 10.5 Å². The third-order valence-corrected chi connectivity index (χ3v) is 5.33. The summed E-state index contributed by atoms with van der Waals surface area (Å²) in [6.45, 7) is 7.55. The first-order chi connectivity index (χ1) is 8.13. The van der Waals surface area contributed by atoms with Gasteiger partial charge in [0, 0.05) is 13.1 Å². The maximum Gasteiger partial charge on any atom is 0.243 e. The Morgan fingerprint density at radius 2 is 1.61 bits per heavy atom. The molecule has 0 spiro atoms. The molecule has 1 aromatic carbocycles. The van der Waals surface area contributed by atoms with Gasteiger partial charge in [-0.15, -0.1) is 0 Å². The summed E-state index contributed by atoms with van der Waals surface area (Å²) in [6.07, 6.45) is 0. The molecule has 0 bridgehead atoms. The van der Waals surface area contributed by atoms with Crippen molar-refractivity contribution in [2.45, 2.75) is 38.2 Å². The van der Waals surface area contributed by atoms with Crippen LogP contribution in [0.15, 0.2) is 17.0 Å². The Labute approximate surface area is 108 Å². The van der Waals surface area contributed by atoms with Crippen LogP contribution in [0.3, 0.4) is 0 Å². The minimum absolute atomic E-state index is 0.169. The van der Waals surface area contributed by atoms with E-state index in [9.17, 15) is 13.5 Å². The molecule has 1 aromatic rings. The third-order valence-electron chi connectivity index (χ3n) is 3.24. The maximum atomic E-state index is 12.5. The van der Waals surface area contributed by atoms with Crippen LogP contribution in [-0.4, -0.2) is 36.5 Å². The predicted octanol–water partition coefficient (Wildman–Crippen LogP) is 1.37. The molecule has 0 saturated carbocycles. The highest BCUT2D eigenvalue weighted by atomic mass is 32.2. The number of aryl methyl sites for hydroxylation is 3. The number of hydrogen-bond donors (Lipinski definition) is 1. The molecular formula is C13H19NO3S. The van der Waals surface area contributed by atoms with E-state index in [2.05, 4.69) is 0 Å². The van der Waals surface area contributed by atoms with Crippen molar-refractivity contribution in [3.05, 3.63) is 28.8 Å². The second-order valence-corrected chi connectivity index (χ2v) is 7.37. The first-order valence-corrected chi connectivity index (χ1v) is 7.38. The predicted molar refractivity (Wildman–Crippen MR) is 70.0 cm³/mol. The van der Waals surface area contributed by atoms with Crippen molar-refractivity contribution in [3.63, 3.8) is 0 Å². The van der Waals surface area contributed by atoms with Crippen LogP contribution in [0.2, 0.25) is 0 Å². The highest BCUT2D eigenvalue weighted by molar-refractivity contribution is 7.89. The van der Waals surface area contributed by atoms with Crippen molar-refractivity contribution in [3.8, 4) is 0 Å². The minimum atomic E-state index is -3.48. The van der Waals surface area contributed by atoms with Gasteiger partial charge in [0.15, 0.2) is 0 Å². The highest BCUT2D eigenvalue weighted by Gasteiger charge is 2.44. The molecule has 100 valence electrons. The van der Waals surface area contributed by atoms with Crippen LogP contribution in [0.4, 0.5) is 0 Å². The highest BCUT2D eigenvalue weighted by Crippen LogP contribution is 2.31. The number of benzene rings is 1. The zero-order valence-electron chi connectivity index (χ0n) is 11.2. The van der Waals surface area contributed by atoms with Gasteiger partial charge in [0.2, 0.25) is 10.0 Å². The number of hydrogen-bond acceptors (Lipinski definition) is 3. The lowest BCUT2D eigenvalue weighted by molar-refractivity contribution is -0.0426. The standard InChI is InChI=1S/C13H19NO3S/c1-9-5-10(2)12(11(3)6-9)18(16,17)14-7-13(4,15)8-14/h5-6,15H,7-8H2,1-4H3. The van der Waals surface area contributed by atoms with Gasteiger partial charge in [0.1, 0.15) is 0 Å². The van der Waals surface area contributed by atoms with E-state index in [0.717, 1.165) is 16.7 Å². The summed E-state index contributed by atoms with van der Waals surface area (Å²) < 4.78 is 26.3. The molecule has 5 heteroatoms. The average Bonchev–Trinajstić information content (AvgIpc) is 2.11. The van der Waals surface area contributed by atoms with Gasteiger partial charge in [-0.1, -0.05) is 17.7 Å². The molecule has 0 atom stereocenters. The number of rotatable bonds is 2. The zero-order chi connectivity index (χ0) is 13.7. The fourth-order valence-corrected chi connectivity index (χ4v) is 4.67. The van der Waals surface area contributed by atoms with Crippen molar-refractivity contribution in [2.75, 3.05) is 13.1 Å². The van der Waals surface area contributed by atoms with Crippen LogP contribution < -0.4 is 0 Å². The SMILES string of the molecule is Cc1cc(C)c(S(=O)(=O)N2CC(C)(O)C2)c(C)c1. The quantitative estimate of drug-likeness (QED) is 0.882. The molecule has 1 aliphatic rings. The summed E-state index contributed by atoms with van der Waals surface area (Å²) in [7, 11) is -3.48. The Balaban J connectivity index is 2.44. The van der Waals surface area contributed by atoms with Crippen LogP contribution in [0.1, 0.15) is 23.6 Å². The summed E-state index contributed by atoms with van der Waals surface area (Å²) in [6, 6.07) is 3.75. The first kappa shape index (κ1) is 13.5. The zero-order valence-corrected chi connectivity index (χ0v) is 12.0. The summed E-state index contributed by atoms with van der Waals surface area (Å²) in [5.41, 5.74) is 1.69. The van der Waals surface area contributed by atoms with E-state index in [0.29, 0.717) is 4.90 Å². The van der Waals surface area contributed by atoms with Gasteiger partial charge in [-0.25, -0.2) is 8.42 Å². The molecule has 0 unspecified atom stereocenters. The molecular weight excluding hydrogens is 250 g/mol. The first-order valence-electron chi connectivity index (χ1n) is 5.94. The van der Waals surface area contributed by atoms with Gasteiger partial charge in [-0.3, -0.25) is 0 Å². The molecule has 0 aliphatic carbocycles. The normalized spacial score (nSPS) is 19.6. The summed E-state index contributed by atoms with van der Waals surface area (Å²) >= 11 is 0. The molecule has 0 radical (unpaired) electrons. The fraction of sp³-hybridized carbons (Fsp3) is 0.538. The Morgan fingerprint density at radius 1 is 1.17 bits per heavy atom. The number of sulfonamides is 1. The molecule has 1 aliphatic heterocycles. The Kier molecular flexibility index (Phi) is 3.04. The van der Waals surface area contributed by atoms with E-state index in [-0.39, 0.29) is 13.1 Å². The van der Waals surface area contributed by atoms with Crippen molar-refractivity contribution in [1.82, 2.24) is 4.31 Å². The van der Waals surface area contributed by atoms with E-state index in [1.165, 1.54) is 4.31 Å². The summed E-state index contributed by atoms with van der Waals surface area (Å²) in [5.74, 6) is 0. The second kappa shape index (κ2) is 4.05. The van der Waals surface area contributed by atoms with Crippen molar-refractivity contribution in [2.24, 2.45) is 0 Å². The molecule has 1 fully saturated rings. The van der Waals surface area contributed by atoms with E-state index >= 15 is 0 Å². The lowest BCUT2D eigenvalue weighted by Gasteiger charge is -2.43. The molecule has 0 aromatic heterocycles. The van der Waals surface area contributed by atoms with E-state index in [1.54, 1.807) is 6.92 Å². The van der Waals surface area contributed by atoms with E-state index in [4.69, 9.17) is 0 Å². The van der Waals surface area contributed by atoms with Crippen LogP contribution in [-0.2, 0) is 10.0 Å². The lowest BCUT2D eigenvalue weighted by Crippen LogP contribution is -2.61. The average molecular weight is 269 g/mol. The van der Waals surface area contributed by atoms with Crippen LogP contribution in [0.5, 0.6) is 0 Å². The Morgan fingerprint density at radius 3 is 2.00 bits per heavy atom. The monoisotopic (exact) mass is 269 g/mol. The van der Waals surface area contributed by atoms with Gasteiger partial charge in [-0.05, 0) is 38.8 Å². The number of β-amino-alcohol motifs (C(OH)–C–C–N with tert-alkyl or cyclic N) is 1. The molecule has 2 rings (SSSR count). The van der Waals surface area contributed by atoms with Crippen LogP contribution >= 0.6 is 0 Å². The number of nitrogens with zero attached hydrogens (tertiary/aromatic N) is 1. The van der Waals surface area contributed by atoms with E-state index in [1.807, 2.05) is 32.9 Å². The second-order valence-electron chi connectivity index (χ2n) is 5.50. The van der Waals surface area contributed by atoms with Crippen LogP contribution in [0.25, 0.3) is 0 Å². The molecule has 1 saturated heterocycles. The van der Waals surface area contributed by atoms with Gasteiger partial charge < -0.3 is 5.11 Å². The Bertz CT molecular complexity index is 559. The smallest absolute Gasteiger partial charge is 0.243 e. The Hall–Kier alpha value is -0.910. The topological polar surface area (TPSA) is 57.6 Å². The van der Waals surface area contributed by atoms with Gasteiger partial charge >= 0.3 is 0 Å². The largest absolute Gasteiger partial charge is 0.387 e. The minimum Gasteiger partial charge on any atom is -0.387 e. The molecule has 1 N–H and O–H groups in total. The van der Waals surface area contributed by atoms with Crippen molar-refractivity contribution >= 4 is 10.0 Å². The summed E-state index contributed by atoms with van der Waals surface area (Å²) in [5, 5.41) is 9.67. The molecule has 4 nitrogen and oxygen atoms in total. The fourth-order valence-electron chi connectivity index (χ4n) is 2.59. The number of aliphatic hydroxyl groups is 1. The van der Waals surface area contributed by atoms with Crippen molar-refractivity contribution < 1.29 is 13.5 Å². The van der Waals surface area contributed by atoms with Crippen LogP contribution in [0, 0.1) is 20.8 Å². The molecule has 18 heavy (non-hydrogen) atoms. The van der Waals surface area contributed by atoms with Gasteiger partial charge in [-0.2, -0.15) is 4.31 Å². The van der Waals surface area contributed by atoms with Crippen molar-refractivity contribution in [1.29, 1.82) is 0 Å². The maximum absolute atomic E-state index is 12.5. The lowest BCUT2D eigenvalue weighted by atomic mass is 10.0. The third kappa shape index (κ3) is 2.18.